The Morgan fingerprint density at radius 1 is 1.24 bits per heavy atom. The smallest absolute Gasteiger partial charge is 0.452 e. The molecular formula is C20H18F6N2O5S. The topological polar surface area (TPSA) is 89.7 Å². The number of likely N-dealkylation sites (tertiary alicyclic amines) is 1. The van der Waals surface area contributed by atoms with Crippen molar-refractivity contribution in [2.24, 2.45) is 5.92 Å². The first-order valence-electron chi connectivity index (χ1n) is 9.93. The Kier molecular flexibility index (Phi) is 5.46. The predicted octanol–water partition coefficient (Wildman–Crippen LogP) is 3.84. The molecule has 0 radical (unpaired) electrons. The van der Waals surface area contributed by atoms with E-state index in [4.69, 9.17) is 4.74 Å². The van der Waals surface area contributed by atoms with Gasteiger partial charge in [0.15, 0.2) is 15.9 Å². The van der Waals surface area contributed by atoms with Gasteiger partial charge < -0.3 is 14.2 Å². The lowest BCUT2D eigenvalue weighted by atomic mass is 10.0. The van der Waals surface area contributed by atoms with Gasteiger partial charge in [0.25, 0.3) is 5.91 Å². The van der Waals surface area contributed by atoms with Gasteiger partial charge in [0.05, 0.1) is 16.2 Å². The Morgan fingerprint density at radius 2 is 1.91 bits per heavy atom. The number of hydrogen-bond acceptors (Lipinski definition) is 6. The molecule has 2 aliphatic rings. The van der Waals surface area contributed by atoms with E-state index in [2.05, 4.69) is 9.68 Å². The van der Waals surface area contributed by atoms with Crippen LogP contribution in [-0.2, 0) is 21.4 Å². The maximum Gasteiger partial charge on any atom is 0.452 e. The van der Waals surface area contributed by atoms with Gasteiger partial charge in [-0.3, -0.25) is 4.79 Å². The maximum atomic E-state index is 13.2. The number of hydrogen-bond donors (Lipinski definition) is 0. The number of carbonyl (C=O) groups excluding carboxylic acids is 1. The Balaban J connectivity index is 1.63. The largest absolute Gasteiger partial charge is 0.480 e. The van der Waals surface area contributed by atoms with Crippen LogP contribution < -0.4 is 4.74 Å². The zero-order valence-corrected chi connectivity index (χ0v) is 18.5. The molecule has 0 bridgehead atoms. The number of halogens is 6. The van der Waals surface area contributed by atoms with Gasteiger partial charge in [-0.2, -0.15) is 26.3 Å². The molecule has 2 aromatic rings. The lowest BCUT2D eigenvalue weighted by Gasteiger charge is -2.24. The summed E-state index contributed by atoms with van der Waals surface area (Å²) in [5.41, 5.74) is -1.23. The molecule has 0 N–H and O–H groups in total. The fourth-order valence-electron chi connectivity index (χ4n) is 4.11. The van der Waals surface area contributed by atoms with Crippen LogP contribution in [-0.4, -0.2) is 56.0 Å². The molecule has 4 rings (SSSR count). The average Bonchev–Trinajstić information content (AvgIpc) is 3.07. The fraction of sp³-hybridized carbons (Fsp3) is 0.500. The maximum absolute atomic E-state index is 13.2. The van der Waals surface area contributed by atoms with Crippen molar-refractivity contribution in [3.8, 4) is 5.75 Å². The van der Waals surface area contributed by atoms with Gasteiger partial charge in [-0.25, -0.2) is 8.42 Å². The van der Waals surface area contributed by atoms with E-state index in [0.29, 0.717) is 6.42 Å². The van der Waals surface area contributed by atoms with E-state index in [1.807, 2.05) is 0 Å². The third-order valence-corrected chi connectivity index (χ3v) is 7.22. The summed E-state index contributed by atoms with van der Waals surface area (Å²) in [6.45, 7) is 0.781. The van der Waals surface area contributed by atoms with Gasteiger partial charge in [-0.1, -0.05) is 5.16 Å². The molecule has 2 heterocycles. The van der Waals surface area contributed by atoms with E-state index < -0.39 is 56.7 Å². The molecule has 7 nitrogen and oxygen atoms in total. The highest BCUT2D eigenvalue weighted by atomic mass is 32.2. The van der Waals surface area contributed by atoms with Gasteiger partial charge in [0, 0.05) is 30.8 Å². The molecule has 3 atom stereocenters. The van der Waals surface area contributed by atoms with Crippen molar-refractivity contribution in [3.63, 3.8) is 0 Å². The standard InChI is InChI=1S/C20H18F6N2O5S/c1-10(19(21,22)23)32-14-4-3-12(34(2,30)31)5-13(14)17(29)28-8-11-7-18(11,9-28)15-6-16(33-27-15)20(24,25)26/h3-6,10-11H,7-9H2,1-2H3/t10?,11?,18-/m0/s1. The van der Waals surface area contributed by atoms with Crippen LogP contribution >= 0.6 is 0 Å². The van der Waals surface area contributed by atoms with E-state index in [1.54, 1.807) is 0 Å². The SMILES string of the molecule is CC(Oc1ccc(S(C)(=O)=O)cc1C(=O)N1CC2C[C@]2(c2cc(C(F)(F)F)on2)C1)C(F)(F)F. The van der Waals surface area contributed by atoms with E-state index >= 15 is 0 Å². The number of nitrogens with zero attached hydrogens (tertiary/aromatic N) is 2. The van der Waals surface area contributed by atoms with Crippen LogP contribution in [0.5, 0.6) is 5.75 Å². The van der Waals surface area contributed by atoms with Crippen molar-refractivity contribution in [2.75, 3.05) is 19.3 Å². The molecule has 0 spiro atoms. The minimum Gasteiger partial charge on any atom is -0.480 e. The number of piperidine rings is 1. The molecule has 34 heavy (non-hydrogen) atoms. The number of alkyl halides is 6. The number of ether oxygens (including phenoxy) is 1. The zero-order valence-electron chi connectivity index (χ0n) is 17.7. The average molecular weight is 512 g/mol. The van der Waals surface area contributed by atoms with E-state index in [1.165, 1.54) is 4.90 Å². The van der Waals surface area contributed by atoms with E-state index in [0.717, 1.165) is 37.4 Å². The van der Waals surface area contributed by atoms with Crippen molar-refractivity contribution in [1.82, 2.24) is 10.1 Å². The van der Waals surface area contributed by atoms with Gasteiger partial charge in [0.1, 0.15) is 5.75 Å². The molecule has 2 fully saturated rings. The van der Waals surface area contributed by atoms with Crippen molar-refractivity contribution >= 4 is 15.7 Å². The van der Waals surface area contributed by atoms with Crippen LogP contribution in [0.2, 0.25) is 0 Å². The van der Waals surface area contributed by atoms with Crippen molar-refractivity contribution < 1.29 is 48.8 Å². The van der Waals surface area contributed by atoms with Crippen LogP contribution in [0.4, 0.5) is 26.3 Å². The highest BCUT2D eigenvalue weighted by molar-refractivity contribution is 7.90. The molecule has 186 valence electrons. The lowest BCUT2D eigenvalue weighted by Crippen LogP contribution is -2.35. The van der Waals surface area contributed by atoms with Gasteiger partial charge in [-0.15, -0.1) is 0 Å². The molecule has 1 saturated carbocycles. The quantitative estimate of drug-likeness (QED) is 0.566. The molecule has 1 aromatic carbocycles. The molecule has 1 saturated heterocycles. The normalized spacial score (nSPS) is 23.5. The Hall–Kier alpha value is -2.77. The van der Waals surface area contributed by atoms with Gasteiger partial charge in [-0.05, 0) is 37.5 Å². The summed E-state index contributed by atoms with van der Waals surface area (Å²) in [5, 5.41) is 3.51. The zero-order chi connectivity index (χ0) is 25.3. The summed E-state index contributed by atoms with van der Waals surface area (Å²) >= 11 is 0. The van der Waals surface area contributed by atoms with Gasteiger partial charge in [0.2, 0.25) is 5.76 Å². The summed E-state index contributed by atoms with van der Waals surface area (Å²) in [6, 6.07) is 3.72. The minimum absolute atomic E-state index is 0.0344. The monoisotopic (exact) mass is 512 g/mol. The lowest BCUT2D eigenvalue weighted by molar-refractivity contribution is -0.189. The molecule has 1 amide bonds. The molecule has 14 heteroatoms. The first-order valence-corrected chi connectivity index (χ1v) is 11.8. The molecule has 2 unspecified atom stereocenters. The third-order valence-electron chi connectivity index (χ3n) is 6.11. The second-order valence-corrected chi connectivity index (χ2v) is 10.6. The molecular weight excluding hydrogens is 494 g/mol. The highest BCUT2D eigenvalue weighted by Gasteiger charge is 2.64. The number of amides is 1. The fourth-order valence-corrected chi connectivity index (χ4v) is 4.76. The summed E-state index contributed by atoms with van der Waals surface area (Å²) in [5.74, 6) is -2.76. The van der Waals surface area contributed by atoms with E-state index in [9.17, 15) is 39.6 Å². The Bertz CT molecular complexity index is 1240. The number of rotatable bonds is 5. The molecule has 1 aliphatic carbocycles. The van der Waals surface area contributed by atoms with Crippen molar-refractivity contribution in [2.45, 2.75) is 42.1 Å². The Morgan fingerprint density at radius 3 is 2.47 bits per heavy atom. The van der Waals surface area contributed by atoms with Crippen molar-refractivity contribution in [3.05, 3.63) is 41.3 Å². The predicted molar refractivity (Wildman–Crippen MR) is 103 cm³/mol. The molecule has 1 aromatic heterocycles. The summed E-state index contributed by atoms with van der Waals surface area (Å²) < 4.78 is 111. The Labute approximate surface area is 189 Å². The summed E-state index contributed by atoms with van der Waals surface area (Å²) in [6.07, 6.45) is -10.4. The summed E-state index contributed by atoms with van der Waals surface area (Å²) in [7, 11) is -3.80. The number of carbonyl (C=O) groups is 1. The first-order chi connectivity index (χ1) is 15.5. The van der Waals surface area contributed by atoms with Crippen molar-refractivity contribution in [1.29, 1.82) is 0 Å². The highest BCUT2D eigenvalue weighted by Crippen LogP contribution is 2.59. The van der Waals surface area contributed by atoms with Crippen LogP contribution in [0, 0.1) is 5.92 Å². The first kappa shape index (κ1) is 24.4. The van der Waals surface area contributed by atoms with Crippen LogP contribution in [0.15, 0.2) is 33.7 Å². The van der Waals surface area contributed by atoms with Gasteiger partial charge >= 0.3 is 12.4 Å². The molecule has 1 aliphatic heterocycles. The second-order valence-electron chi connectivity index (χ2n) is 8.55. The van der Waals surface area contributed by atoms with E-state index in [-0.39, 0.29) is 29.6 Å². The number of aromatic nitrogens is 1. The minimum atomic E-state index is -4.74. The number of benzene rings is 1. The number of sulfone groups is 1. The summed E-state index contributed by atoms with van der Waals surface area (Å²) in [4.78, 5) is 14.2. The van der Waals surface area contributed by atoms with Crippen LogP contribution in [0.3, 0.4) is 0 Å². The third kappa shape index (κ3) is 4.34. The number of fused-ring (bicyclic) bond motifs is 1. The van der Waals surface area contributed by atoms with Crippen LogP contribution in [0.1, 0.15) is 35.2 Å². The van der Waals surface area contributed by atoms with Crippen LogP contribution in [0.25, 0.3) is 0 Å². The second kappa shape index (κ2) is 7.62.